The lowest BCUT2D eigenvalue weighted by Gasteiger charge is -2.27. The summed E-state index contributed by atoms with van der Waals surface area (Å²) in [5.74, 6) is 1.77. The van der Waals surface area contributed by atoms with Crippen molar-refractivity contribution in [1.29, 1.82) is 0 Å². The van der Waals surface area contributed by atoms with Crippen molar-refractivity contribution in [3.63, 3.8) is 0 Å². The van der Waals surface area contributed by atoms with Crippen LogP contribution in [0.25, 0.3) is 0 Å². The fraction of sp³-hybridized carbons (Fsp3) is 0.625. The Hall–Kier alpha value is -1.22. The summed E-state index contributed by atoms with van der Waals surface area (Å²) in [6, 6.07) is 7.15. The second-order valence-corrected chi connectivity index (χ2v) is 6.22. The van der Waals surface area contributed by atoms with Crippen LogP contribution >= 0.6 is 0 Å². The molecule has 1 heterocycles. The smallest absolute Gasteiger partial charge is 0.161 e. The third-order valence-electron chi connectivity index (χ3n) is 4.08. The fourth-order valence-electron chi connectivity index (χ4n) is 2.48. The molecule has 3 heteroatoms. The molecule has 0 unspecified atom stereocenters. The van der Waals surface area contributed by atoms with Crippen molar-refractivity contribution < 1.29 is 9.47 Å². The summed E-state index contributed by atoms with van der Waals surface area (Å²) in [5, 5.41) is 3.59. The molecule has 1 saturated carbocycles. The molecule has 1 fully saturated rings. The van der Waals surface area contributed by atoms with Gasteiger partial charge < -0.3 is 14.8 Å². The van der Waals surface area contributed by atoms with Crippen LogP contribution in [0.2, 0.25) is 0 Å². The molecule has 0 bridgehead atoms. The highest BCUT2D eigenvalue weighted by atomic mass is 16.6. The minimum absolute atomic E-state index is 0.164. The molecule has 1 aliphatic heterocycles. The van der Waals surface area contributed by atoms with Crippen LogP contribution < -0.4 is 14.8 Å². The molecule has 0 amide bonds. The molecule has 0 aromatic heterocycles. The van der Waals surface area contributed by atoms with Crippen molar-refractivity contribution in [2.75, 3.05) is 19.8 Å². The quantitative estimate of drug-likeness (QED) is 0.884. The SMILES string of the molecule is CC(C)(CCNC1CC1)c1ccc2c(c1)OCCO2. The van der Waals surface area contributed by atoms with Gasteiger partial charge in [0.2, 0.25) is 0 Å². The van der Waals surface area contributed by atoms with E-state index in [0.29, 0.717) is 13.2 Å². The topological polar surface area (TPSA) is 30.5 Å². The van der Waals surface area contributed by atoms with Crippen LogP contribution in [0, 0.1) is 0 Å². The van der Waals surface area contributed by atoms with Gasteiger partial charge >= 0.3 is 0 Å². The molecule has 0 radical (unpaired) electrons. The molecule has 2 aliphatic rings. The zero-order chi connectivity index (χ0) is 13.3. The zero-order valence-electron chi connectivity index (χ0n) is 11.9. The van der Waals surface area contributed by atoms with E-state index in [-0.39, 0.29) is 5.41 Å². The first-order chi connectivity index (χ1) is 9.15. The van der Waals surface area contributed by atoms with Gasteiger partial charge in [-0.1, -0.05) is 19.9 Å². The summed E-state index contributed by atoms with van der Waals surface area (Å²) in [4.78, 5) is 0. The summed E-state index contributed by atoms with van der Waals surface area (Å²) in [5.41, 5.74) is 1.49. The lowest BCUT2D eigenvalue weighted by molar-refractivity contribution is 0.171. The van der Waals surface area contributed by atoms with Gasteiger partial charge in [-0.2, -0.15) is 0 Å². The number of fused-ring (bicyclic) bond motifs is 1. The van der Waals surface area contributed by atoms with Crippen molar-refractivity contribution in [1.82, 2.24) is 5.32 Å². The Labute approximate surface area is 115 Å². The molecular weight excluding hydrogens is 238 g/mol. The number of rotatable bonds is 5. The minimum atomic E-state index is 0.164. The second kappa shape index (κ2) is 5.04. The maximum Gasteiger partial charge on any atom is 0.161 e. The zero-order valence-corrected chi connectivity index (χ0v) is 11.9. The van der Waals surface area contributed by atoms with Gasteiger partial charge in [-0.05, 0) is 48.9 Å². The number of hydrogen-bond acceptors (Lipinski definition) is 3. The summed E-state index contributed by atoms with van der Waals surface area (Å²) in [6.07, 6.45) is 3.85. The molecule has 1 N–H and O–H groups in total. The van der Waals surface area contributed by atoms with Gasteiger partial charge in [0.15, 0.2) is 11.5 Å². The Balaban J connectivity index is 1.68. The molecular formula is C16H23NO2. The number of benzene rings is 1. The maximum atomic E-state index is 5.67. The van der Waals surface area contributed by atoms with E-state index in [1.165, 1.54) is 18.4 Å². The normalized spacial score (nSPS) is 18.4. The molecule has 19 heavy (non-hydrogen) atoms. The van der Waals surface area contributed by atoms with Crippen LogP contribution in [-0.4, -0.2) is 25.8 Å². The number of ether oxygens (including phenoxy) is 2. The van der Waals surface area contributed by atoms with E-state index in [2.05, 4.69) is 31.3 Å². The number of hydrogen-bond donors (Lipinski definition) is 1. The number of nitrogens with one attached hydrogen (secondary N) is 1. The predicted octanol–water partition coefficient (Wildman–Crippen LogP) is 2.88. The van der Waals surface area contributed by atoms with Crippen molar-refractivity contribution >= 4 is 0 Å². The highest BCUT2D eigenvalue weighted by molar-refractivity contribution is 5.45. The molecule has 1 aliphatic carbocycles. The summed E-state index contributed by atoms with van der Waals surface area (Å²) >= 11 is 0. The highest BCUT2D eigenvalue weighted by Crippen LogP contribution is 2.36. The maximum absolute atomic E-state index is 5.67. The molecule has 1 aromatic rings. The van der Waals surface area contributed by atoms with Crippen molar-refractivity contribution in [2.24, 2.45) is 0 Å². The van der Waals surface area contributed by atoms with Gasteiger partial charge in [0, 0.05) is 6.04 Å². The average molecular weight is 261 g/mol. The molecule has 3 nitrogen and oxygen atoms in total. The summed E-state index contributed by atoms with van der Waals surface area (Å²) in [7, 11) is 0. The van der Waals surface area contributed by atoms with Gasteiger partial charge in [-0.3, -0.25) is 0 Å². The molecule has 0 atom stereocenters. The summed E-state index contributed by atoms with van der Waals surface area (Å²) < 4.78 is 11.2. The Morgan fingerprint density at radius 1 is 1.16 bits per heavy atom. The molecule has 0 saturated heterocycles. The predicted molar refractivity (Wildman–Crippen MR) is 76.1 cm³/mol. The van der Waals surface area contributed by atoms with Gasteiger partial charge in [-0.25, -0.2) is 0 Å². The Morgan fingerprint density at radius 2 is 1.89 bits per heavy atom. The lowest BCUT2D eigenvalue weighted by atomic mass is 9.81. The first-order valence-electron chi connectivity index (χ1n) is 7.29. The second-order valence-electron chi connectivity index (χ2n) is 6.22. The van der Waals surface area contributed by atoms with E-state index >= 15 is 0 Å². The van der Waals surface area contributed by atoms with Crippen LogP contribution in [0.15, 0.2) is 18.2 Å². The molecule has 104 valence electrons. The standard InChI is InChI=1S/C16H23NO2/c1-16(2,7-8-17-13-4-5-13)12-3-6-14-15(11-12)19-10-9-18-14/h3,6,11,13,17H,4-5,7-10H2,1-2H3. The Kier molecular flexibility index (Phi) is 3.40. The van der Waals surface area contributed by atoms with Crippen molar-refractivity contribution in [3.05, 3.63) is 23.8 Å². The third-order valence-corrected chi connectivity index (χ3v) is 4.08. The fourth-order valence-corrected chi connectivity index (χ4v) is 2.48. The van der Waals surface area contributed by atoms with Gasteiger partial charge in [0.25, 0.3) is 0 Å². The summed E-state index contributed by atoms with van der Waals surface area (Å²) in [6.45, 7) is 6.99. The molecule has 0 spiro atoms. The van der Waals surface area contributed by atoms with Crippen LogP contribution in [-0.2, 0) is 5.41 Å². The van der Waals surface area contributed by atoms with E-state index in [9.17, 15) is 0 Å². The monoisotopic (exact) mass is 261 g/mol. The van der Waals surface area contributed by atoms with E-state index in [1.807, 2.05) is 6.07 Å². The first-order valence-corrected chi connectivity index (χ1v) is 7.29. The first kappa shape index (κ1) is 12.8. The van der Waals surface area contributed by atoms with Gasteiger partial charge in [0.05, 0.1) is 0 Å². The molecule has 3 rings (SSSR count). The van der Waals surface area contributed by atoms with Crippen LogP contribution in [0.4, 0.5) is 0 Å². The third kappa shape index (κ3) is 3.03. The van der Waals surface area contributed by atoms with E-state index in [1.54, 1.807) is 0 Å². The van der Waals surface area contributed by atoms with Crippen molar-refractivity contribution in [2.45, 2.75) is 44.6 Å². The van der Waals surface area contributed by atoms with Crippen LogP contribution in [0.3, 0.4) is 0 Å². The van der Waals surface area contributed by atoms with Crippen LogP contribution in [0.1, 0.15) is 38.7 Å². The Bertz CT molecular complexity index is 452. The largest absolute Gasteiger partial charge is 0.486 e. The average Bonchev–Trinajstić information content (AvgIpc) is 3.22. The van der Waals surface area contributed by atoms with Gasteiger partial charge in [-0.15, -0.1) is 0 Å². The van der Waals surface area contributed by atoms with E-state index < -0.39 is 0 Å². The molecule has 1 aromatic carbocycles. The highest BCUT2D eigenvalue weighted by Gasteiger charge is 2.25. The minimum Gasteiger partial charge on any atom is -0.486 e. The van der Waals surface area contributed by atoms with Crippen LogP contribution in [0.5, 0.6) is 11.5 Å². The van der Waals surface area contributed by atoms with E-state index in [0.717, 1.165) is 30.5 Å². The Morgan fingerprint density at radius 3 is 2.63 bits per heavy atom. The van der Waals surface area contributed by atoms with Gasteiger partial charge in [0.1, 0.15) is 13.2 Å². The van der Waals surface area contributed by atoms with E-state index in [4.69, 9.17) is 9.47 Å². The van der Waals surface area contributed by atoms with Crippen molar-refractivity contribution in [3.8, 4) is 11.5 Å². The lowest BCUT2D eigenvalue weighted by Crippen LogP contribution is -2.27.